The molecule has 0 N–H and O–H groups in total. The lowest BCUT2D eigenvalue weighted by Crippen LogP contribution is -2.37. The molecule has 1 heterocycles. The summed E-state index contributed by atoms with van der Waals surface area (Å²) in [5.41, 5.74) is 1.14. The van der Waals surface area contributed by atoms with Crippen molar-refractivity contribution in [3.05, 3.63) is 54.1 Å². The van der Waals surface area contributed by atoms with E-state index in [1.165, 1.54) is 0 Å². The largest absolute Gasteiger partial charge is 0.497 e. The second kappa shape index (κ2) is 9.98. The smallest absolute Gasteiger partial charge is 0.151 e. The molecule has 3 rings (SSSR count). The fourth-order valence-electron chi connectivity index (χ4n) is 3.55. The van der Waals surface area contributed by atoms with Crippen LogP contribution < -0.4 is 14.2 Å². The first kappa shape index (κ1) is 21.5. The average molecular weight is 420 g/mol. The standard InChI is InChI=1S/C22H29NO5S/c1-26-20-6-4-18(5-7-20)16-23(19-12-15-29(24,25)17-19)13-3-14-28-22-10-8-21(27-2)9-11-22/h4-11,19H,3,12-17H2,1-2H3. The molecule has 0 radical (unpaired) electrons. The van der Waals surface area contributed by atoms with Gasteiger partial charge in [0.2, 0.25) is 0 Å². The van der Waals surface area contributed by atoms with Crippen LogP contribution in [0.1, 0.15) is 18.4 Å². The Morgan fingerprint density at radius 3 is 2.07 bits per heavy atom. The normalized spacial score (nSPS) is 18.0. The number of nitrogens with zero attached hydrogens (tertiary/aromatic N) is 1. The van der Waals surface area contributed by atoms with Gasteiger partial charge < -0.3 is 14.2 Å². The Balaban J connectivity index is 1.56. The zero-order valence-corrected chi connectivity index (χ0v) is 17.9. The molecule has 1 aliphatic heterocycles. The Kier molecular flexibility index (Phi) is 7.39. The van der Waals surface area contributed by atoms with Gasteiger partial charge in [0.1, 0.15) is 17.2 Å². The Morgan fingerprint density at radius 2 is 1.52 bits per heavy atom. The number of methoxy groups -OCH3 is 2. The minimum atomic E-state index is -2.93. The van der Waals surface area contributed by atoms with Crippen LogP contribution in [0.5, 0.6) is 17.2 Å². The zero-order valence-electron chi connectivity index (χ0n) is 17.0. The maximum atomic E-state index is 12.0. The van der Waals surface area contributed by atoms with Crippen molar-refractivity contribution in [2.45, 2.75) is 25.4 Å². The number of ether oxygens (including phenoxy) is 3. The van der Waals surface area contributed by atoms with Crippen LogP contribution in [0, 0.1) is 0 Å². The summed E-state index contributed by atoms with van der Waals surface area (Å²) in [5, 5.41) is 0. The van der Waals surface area contributed by atoms with Crippen molar-refractivity contribution in [2.75, 3.05) is 38.9 Å². The summed E-state index contributed by atoms with van der Waals surface area (Å²) in [6, 6.07) is 15.5. The topological polar surface area (TPSA) is 65.1 Å². The molecule has 29 heavy (non-hydrogen) atoms. The molecule has 1 fully saturated rings. The molecule has 0 amide bonds. The third-order valence-electron chi connectivity index (χ3n) is 5.19. The van der Waals surface area contributed by atoms with Gasteiger partial charge in [0, 0.05) is 19.1 Å². The summed E-state index contributed by atoms with van der Waals surface area (Å²) in [4.78, 5) is 2.27. The highest BCUT2D eigenvalue weighted by Gasteiger charge is 2.32. The van der Waals surface area contributed by atoms with Gasteiger partial charge in [0.05, 0.1) is 32.3 Å². The lowest BCUT2D eigenvalue weighted by atomic mass is 10.1. The van der Waals surface area contributed by atoms with Crippen LogP contribution in [0.25, 0.3) is 0 Å². The first-order valence-electron chi connectivity index (χ1n) is 9.83. The van der Waals surface area contributed by atoms with E-state index in [-0.39, 0.29) is 17.5 Å². The molecule has 0 aromatic heterocycles. The van der Waals surface area contributed by atoms with Crippen LogP contribution in [0.2, 0.25) is 0 Å². The molecule has 1 atom stereocenters. The summed E-state index contributed by atoms with van der Waals surface area (Å²) >= 11 is 0. The SMILES string of the molecule is COc1ccc(CN(CCCOc2ccc(OC)cc2)C2CCS(=O)(=O)C2)cc1. The summed E-state index contributed by atoms with van der Waals surface area (Å²) < 4.78 is 40.1. The van der Waals surface area contributed by atoms with Crippen molar-refractivity contribution in [3.63, 3.8) is 0 Å². The highest BCUT2D eigenvalue weighted by Crippen LogP contribution is 2.22. The third kappa shape index (κ3) is 6.37. The van der Waals surface area contributed by atoms with Crippen LogP contribution >= 0.6 is 0 Å². The van der Waals surface area contributed by atoms with E-state index >= 15 is 0 Å². The van der Waals surface area contributed by atoms with Crippen molar-refractivity contribution >= 4 is 9.84 Å². The van der Waals surface area contributed by atoms with Gasteiger partial charge in [-0.25, -0.2) is 8.42 Å². The van der Waals surface area contributed by atoms with Crippen LogP contribution in [0.3, 0.4) is 0 Å². The van der Waals surface area contributed by atoms with Gasteiger partial charge in [-0.15, -0.1) is 0 Å². The molecule has 0 spiro atoms. The van der Waals surface area contributed by atoms with E-state index in [9.17, 15) is 8.42 Å². The Labute approximate surface area is 173 Å². The molecule has 2 aromatic rings. The predicted molar refractivity (Wildman–Crippen MR) is 114 cm³/mol. The van der Waals surface area contributed by atoms with Crippen LogP contribution in [-0.2, 0) is 16.4 Å². The highest BCUT2D eigenvalue weighted by molar-refractivity contribution is 7.91. The first-order valence-corrected chi connectivity index (χ1v) is 11.7. The Hall–Kier alpha value is -2.25. The van der Waals surface area contributed by atoms with Gasteiger partial charge in [0.15, 0.2) is 9.84 Å². The van der Waals surface area contributed by atoms with Crippen molar-refractivity contribution < 1.29 is 22.6 Å². The summed E-state index contributed by atoms with van der Waals surface area (Å²) in [6.07, 6.45) is 1.51. The van der Waals surface area contributed by atoms with Gasteiger partial charge in [-0.2, -0.15) is 0 Å². The number of benzene rings is 2. The maximum Gasteiger partial charge on any atom is 0.151 e. The second-order valence-electron chi connectivity index (χ2n) is 7.25. The van der Waals surface area contributed by atoms with E-state index in [0.29, 0.717) is 19.6 Å². The van der Waals surface area contributed by atoms with Gasteiger partial charge in [0.25, 0.3) is 0 Å². The number of hydrogen-bond acceptors (Lipinski definition) is 6. The highest BCUT2D eigenvalue weighted by atomic mass is 32.2. The van der Waals surface area contributed by atoms with Crippen LogP contribution in [0.4, 0.5) is 0 Å². The molecule has 1 aliphatic rings. The lowest BCUT2D eigenvalue weighted by Gasteiger charge is -2.28. The minimum absolute atomic E-state index is 0.0584. The van der Waals surface area contributed by atoms with E-state index in [1.807, 2.05) is 48.5 Å². The van der Waals surface area contributed by atoms with Crippen LogP contribution in [-0.4, -0.2) is 58.2 Å². The lowest BCUT2D eigenvalue weighted by molar-refractivity contribution is 0.183. The quantitative estimate of drug-likeness (QED) is 0.551. The van der Waals surface area contributed by atoms with Crippen molar-refractivity contribution in [2.24, 2.45) is 0 Å². The Bertz CT molecular complexity index is 865. The van der Waals surface area contributed by atoms with E-state index in [4.69, 9.17) is 14.2 Å². The van der Waals surface area contributed by atoms with Crippen molar-refractivity contribution in [1.82, 2.24) is 4.90 Å². The molecular weight excluding hydrogens is 390 g/mol. The third-order valence-corrected chi connectivity index (χ3v) is 6.94. The second-order valence-corrected chi connectivity index (χ2v) is 9.48. The summed E-state index contributed by atoms with van der Waals surface area (Å²) in [6.45, 7) is 2.07. The van der Waals surface area contributed by atoms with Crippen molar-refractivity contribution in [1.29, 1.82) is 0 Å². The fourth-order valence-corrected chi connectivity index (χ4v) is 5.31. The number of hydrogen-bond donors (Lipinski definition) is 0. The molecule has 1 unspecified atom stereocenters. The van der Waals surface area contributed by atoms with E-state index < -0.39 is 9.84 Å². The molecular formula is C22H29NO5S. The number of rotatable bonds is 10. The fraction of sp³-hybridized carbons (Fsp3) is 0.455. The van der Waals surface area contributed by atoms with E-state index in [1.54, 1.807) is 14.2 Å². The Morgan fingerprint density at radius 1 is 0.931 bits per heavy atom. The molecule has 0 saturated carbocycles. The van der Waals surface area contributed by atoms with Gasteiger partial charge in [-0.3, -0.25) is 4.90 Å². The molecule has 6 nitrogen and oxygen atoms in total. The zero-order chi connectivity index (χ0) is 20.7. The molecule has 1 saturated heterocycles. The van der Waals surface area contributed by atoms with Crippen LogP contribution in [0.15, 0.2) is 48.5 Å². The predicted octanol–water partition coefficient (Wildman–Crippen LogP) is 3.16. The van der Waals surface area contributed by atoms with Crippen molar-refractivity contribution in [3.8, 4) is 17.2 Å². The number of sulfone groups is 1. The van der Waals surface area contributed by atoms with Gasteiger partial charge in [-0.1, -0.05) is 12.1 Å². The van der Waals surface area contributed by atoms with Gasteiger partial charge >= 0.3 is 0 Å². The summed E-state index contributed by atoms with van der Waals surface area (Å²) in [5.74, 6) is 2.93. The molecule has 0 bridgehead atoms. The minimum Gasteiger partial charge on any atom is -0.497 e. The van der Waals surface area contributed by atoms with E-state index in [0.717, 1.165) is 35.8 Å². The molecule has 7 heteroatoms. The monoisotopic (exact) mass is 419 g/mol. The molecule has 158 valence electrons. The van der Waals surface area contributed by atoms with Gasteiger partial charge in [-0.05, 0) is 54.8 Å². The summed E-state index contributed by atoms with van der Waals surface area (Å²) in [7, 11) is 0.353. The molecule has 2 aromatic carbocycles. The maximum absolute atomic E-state index is 12.0. The molecule has 0 aliphatic carbocycles. The average Bonchev–Trinajstić information content (AvgIpc) is 3.10. The first-order chi connectivity index (χ1) is 14.0. The van der Waals surface area contributed by atoms with E-state index in [2.05, 4.69) is 4.90 Å².